The Morgan fingerprint density at radius 2 is 1.48 bits per heavy atom. The third kappa shape index (κ3) is 3.25. The molecule has 1 fully saturated rings. The van der Waals surface area contributed by atoms with E-state index < -0.39 is 5.82 Å². The molecule has 0 aliphatic carbocycles. The minimum absolute atomic E-state index is 0.0575. The van der Waals surface area contributed by atoms with Gasteiger partial charge in [0.25, 0.3) is 11.8 Å². The molecule has 4 rings (SSSR count). The lowest BCUT2D eigenvalue weighted by atomic mass is 10.0. The molecule has 0 atom stereocenters. The standard InChI is InChI=1S/C22H21FN2O2/c23-18-12-6-5-11-17(18)15-25-21(26)19(16-9-3-1-4-10-16)20(22(25)27)24-13-7-2-8-14-24/h1,3-6,9-12H,2,7-8,13-15H2. The number of likely N-dealkylation sites (tertiary alicyclic amines) is 1. The average Bonchev–Trinajstić information content (AvgIpc) is 2.95. The maximum Gasteiger partial charge on any atom is 0.278 e. The maximum absolute atomic E-state index is 14.1. The number of rotatable bonds is 4. The Bertz CT molecular complexity index is 902. The van der Waals surface area contributed by atoms with E-state index in [4.69, 9.17) is 0 Å². The van der Waals surface area contributed by atoms with Crippen molar-refractivity contribution in [2.45, 2.75) is 25.8 Å². The van der Waals surface area contributed by atoms with Crippen LogP contribution in [0.15, 0.2) is 60.3 Å². The van der Waals surface area contributed by atoms with E-state index in [1.165, 1.54) is 11.0 Å². The molecule has 2 aliphatic heterocycles. The van der Waals surface area contributed by atoms with Gasteiger partial charge in [0.15, 0.2) is 0 Å². The van der Waals surface area contributed by atoms with Gasteiger partial charge in [-0.3, -0.25) is 14.5 Å². The predicted octanol–water partition coefficient (Wildman–Crippen LogP) is 3.59. The second kappa shape index (κ2) is 7.35. The van der Waals surface area contributed by atoms with E-state index >= 15 is 0 Å². The van der Waals surface area contributed by atoms with Crippen LogP contribution in [0.1, 0.15) is 30.4 Å². The summed E-state index contributed by atoms with van der Waals surface area (Å²) in [6.45, 7) is 1.47. The molecule has 2 heterocycles. The molecule has 2 aliphatic rings. The summed E-state index contributed by atoms with van der Waals surface area (Å²) in [5.41, 5.74) is 1.96. The number of hydrogen-bond donors (Lipinski definition) is 0. The van der Waals surface area contributed by atoms with Crippen LogP contribution < -0.4 is 0 Å². The Morgan fingerprint density at radius 1 is 0.815 bits per heavy atom. The fourth-order valence-corrected chi connectivity index (χ4v) is 3.78. The number of amides is 2. The van der Waals surface area contributed by atoms with E-state index in [0.717, 1.165) is 37.9 Å². The zero-order valence-electron chi connectivity index (χ0n) is 15.0. The highest BCUT2D eigenvalue weighted by molar-refractivity contribution is 6.35. The molecule has 0 radical (unpaired) electrons. The zero-order valence-corrected chi connectivity index (χ0v) is 15.0. The Balaban J connectivity index is 1.74. The van der Waals surface area contributed by atoms with Crippen molar-refractivity contribution >= 4 is 17.4 Å². The van der Waals surface area contributed by atoms with Crippen LogP contribution in [0.4, 0.5) is 4.39 Å². The fourth-order valence-electron chi connectivity index (χ4n) is 3.78. The summed E-state index contributed by atoms with van der Waals surface area (Å²) in [4.78, 5) is 29.6. The van der Waals surface area contributed by atoms with E-state index in [0.29, 0.717) is 16.8 Å². The average molecular weight is 364 g/mol. The molecule has 2 aromatic carbocycles. The first-order valence-corrected chi connectivity index (χ1v) is 9.31. The molecule has 0 N–H and O–H groups in total. The summed E-state index contributed by atoms with van der Waals surface area (Å²) in [6.07, 6.45) is 3.13. The number of piperidine rings is 1. The first-order chi connectivity index (χ1) is 13.2. The van der Waals surface area contributed by atoms with Gasteiger partial charge >= 0.3 is 0 Å². The van der Waals surface area contributed by atoms with Crippen molar-refractivity contribution < 1.29 is 14.0 Å². The van der Waals surface area contributed by atoms with Crippen molar-refractivity contribution in [2.24, 2.45) is 0 Å². The highest BCUT2D eigenvalue weighted by Gasteiger charge is 2.41. The number of carbonyl (C=O) groups excluding carboxylic acids is 2. The van der Waals surface area contributed by atoms with Crippen LogP contribution in [0, 0.1) is 5.82 Å². The lowest BCUT2D eigenvalue weighted by Crippen LogP contribution is -2.37. The molecule has 2 aromatic rings. The van der Waals surface area contributed by atoms with E-state index in [2.05, 4.69) is 0 Å². The lowest BCUT2D eigenvalue weighted by Gasteiger charge is -2.29. The van der Waals surface area contributed by atoms with Gasteiger partial charge in [0.1, 0.15) is 11.5 Å². The number of benzene rings is 2. The van der Waals surface area contributed by atoms with Crippen molar-refractivity contribution in [3.05, 3.63) is 77.2 Å². The van der Waals surface area contributed by atoms with E-state index in [1.807, 2.05) is 35.2 Å². The summed E-state index contributed by atoms with van der Waals surface area (Å²) in [7, 11) is 0. The summed E-state index contributed by atoms with van der Waals surface area (Å²) in [5.74, 6) is -1.09. The zero-order chi connectivity index (χ0) is 18.8. The second-order valence-electron chi connectivity index (χ2n) is 6.93. The Morgan fingerprint density at radius 3 is 2.19 bits per heavy atom. The molecule has 0 unspecified atom stereocenters. The van der Waals surface area contributed by atoms with Crippen molar-refractivity contribution in [3.63, 3.8) is 0 Å². The molecule has 27 heavy (non-hydrogen) atoms. The Kier molecular flexibility index (Phi) is 4.75. The minimum atomic E-state index is -0.411. The van der Waals surface area contributed by atoms with E-state index in [-0.39, 0.29) is 18.4 Å². The van der Waals surface area contributed by atoms with Gasteiger partial charge in [-0.2, -0.15) is 0 Å². The molecule has 0 bridgehead atoms. The van der Waals surface area contributed by atoms with E-state index in [1.54, 1.807) is 18.2 Å². The minimum Gasteiger partial charge on any atom is -0.366 e. The molecular formula is C22H21FN2O2. The van der Waals surface area contributed by atoms with Crippen molar-refractivity contribution in [1.82, 2.24) is 9.80 Å². The fraction of sp³-hybridized carbons (Fsp3) is 0.273. The van der Waals surface area contributed by atoms with Gasteiger partial charge in [0.05, 0.1) is 12.1 Å². The molecule has 0 aromatic heterocycles. The maximum atomic E-state index is 14.1. The molecule has 2 amide bonds. The van der Waals surface area contributed by atoms with Crippen molar-refractivity contribution in [1.29, 1.82) is 0 Å². The molecule has 0 saturated carbocycles. The van der Waals surface area contributed by atoms with Crippen LogP contribution in [-0.2, 0) is 16.1 Å². The molecule has 1 saturated heterocycles. The lowest BCUT2D eigenvalue weighted by molar-refractivity contribution is -0.138. The molecule has 5 heteroatoms. The van der Waals surface area contributed by atoms with Crippen LogP contribution in [0.2, 0.25) is 0 Å². The smallest absolute Gasteiger partial charge is 0.278 e. The first kappa shape index (κ1) is 17.5. The SMILES string of the molecule is O=C1C(c2ccccc2)=C(N2CCCCC2)C(=O)N1Cc1ccccc1F. The van der Waals surface area contributed by atoms with Gasteiger partial charge in [-0.05, 0) is 30.9 Å². The number of imide groups is 1. The van der Waals surface area contributed by atoms with Crippen LogP contribution in [0.25, 0.3) is 5.57 Å². The van der Waals surface area contributed by atoms with Crippen molar-refractivity contribution in [3.8, 4) is 0 Å². The number of carbonyl (C=O) groups is 2. The topological polar surface area (TPSA) is 40.6 Å². The highest BCUT2D eigenvalue weighted by atomic mass is 19.1. The van der Waals surface area contributed by atoms with Gasteiger partial charge in [0, 0.05) is 18.7 Å². The summed E-state index contributed by atoms with van der Waals surface area (Å²) >= 11 is 0. The third-order valence-electron chi connectivity index (χ3n) is 5.16. The van der Waals surface area contributed by atoms with Gasteiger partial charge < -0.3 is 4.90 Å². The quantitative estimate of drug-likeness (QED) is 0.779. The van der Waals surface area contributed by atoms with Gasteiger partial charge in [-0.1, -0.05) is 48.5 Å². The molecular weight excluding hydrogens is 343 g/mol. The molecule has 138 valence electrons. The number of nitrogens with zero attached hydrogens (tertiary/aromatic N) is 2. The molecule has 0 spiro atoms. The second-order valence-corrected chi connectivity index (χ2v) is 6.93. The van der Waals surface area contributed by atoms with Gasteiger partial charge in [-0.25, -0.2) is 4.39 Å². The van der Waals surface area contributed by atoms with Crippen LogP contribution in [0.3, 0.4) is 0 Å². The van der Waals surface area contributed by atoms with Crippen molar-refractivity contribution in [2.75, 3.05) is 13.1 Å². The van der Waals surface area contributed by atoms with Crippen LogP contribution in [-0.4, -0.2) is 34.7 Å². The Labute approximate surface area is 157 Å². The highest BCUT2D eigenvalue weighted by Crippen LogP contribution is 2.34. The number of halogens is 1. The van der Waals surface area contributed by atoms with Gasteiger partial charge in [0.2, 0.25) is 0 Å². The summed E-state index contributed by atoms with van der Waals surface area (Å²) in [6, 6.07) is 15.5. The first-order valence-electron chi connectivity index (χ1n) is 9.31. The summed E-state index contributed by atoms with van der Waals surface area (Å²) in [5, 5.41) is 0. The largest absolute Gasteiger partial charge is 0.366 e. The Hall–Kier alpha value is -2.95. The predicted molar refractivity (Wildman–Crippen MR) is 101 cm³/mol. The molecule has 4 nitrogen and oxygen atoms in total. The van der Waals surface area contributed by atoms with Crippen LogP contribution >= 0.6 is 0 Å². The van der Waals surface area contributed by atoms with Gasteiger partial charge in [-0.15, -0.1) is 0 Å². The van der Waals surface area contributed by atoms with E-state index in [9.17, 15) is 14.0 Å². The summed E-state index contributed by atoms with van der Waals surface area (Å²) < 4.78 is 14.1. The van der Waals surface area contributed by atoms with Crippen LogP contribution in [0.5, 0.6) is 0 Å². The monoisotopic (exact) mass is 364 g/mol. The normalized spacial score (nSPS) is 17.8. The number of hydrogen-bond acceptors (Lipinski definition) is 3. The third-order valence-corrected chi connectivity index (χ3v) is 5.16.